The maximum Gasteiger partial charge on any atom is 0.127 e. The highest BCUT2D eigenvalue weighted by atomic mass is 16.5. The van der Waals surface area contributed by atoms with Crippen molar-refractivity contribution in [1.82, 2.24) is 4.90 Å². The second-order valence-corrected chi connectivity index (χ2v) is 5.73. The fraction of sp³-hybridized carbons (Fsp3) is 0.600. The van der Waals surface area contributed by atoms with Gasteiger partial charge in [-0.05, 0) is 26.3 Å². The molecule has 1 saturated heterocycles. The van der Waals surface area contributed by atoms with Gasteiger partial charge in [-0.3, -0.25) is 4.90 Å². The molecule has 1 unspecified atom stereocenters. The quantitative estimate of drug-likeness (QED) is 0.904. The van der Waals surface area contributed by atoms with Gasteiger partial charge in [-0.15, -0.1) is 0 Å². The van der Waals surface area contributed by atoms with Crippen molar-refractivity contribution >= 4 is 0 Å². The van der Waals surface area contributed by atoms with Crippen LogP contribution < -0.4 is 9.47 Å². The average Bonchev–Trinajstić information content (AvgIpc) is 2.62. The normalized spacial score (nSPS) is 22.5. The number of likely N-dealkylation sites (tertiary alicyclic amines) is 1. The van der Waals surface area contributed by atoms with Gasteiger partial charge in [-0.1, -0.05) is 6.07 Å². The molecule has 1 aliphatic rings. The minimum Gasteiger partial charge on any atom is -0.497 e. The highest BCUT2D eigenvalue weighted by Crippen LogP contribution is 2.33. The largest absolute Gasteiger partial charge is 0.497 e. The van der Waals surface area contributed by atoms with E-state index >= 15 is 0 Å². The molecule has 0 spiro atoms. The van der Waals surface area contributed by atoms with Gasteiger partial charge < -0.3 is 14.6 Å². The first-order valence-corrected chi connectivity index (χ1v) is 6.60. The number of aliphatic hydroxyl groups excluding tert-OH is 1. The number of aliphatic hydroxyl groups is 1. The SMILES string of the molecule is COc1ccc(CN2CC(O)CC2(C)C)c(OC)c1. The molecule has 1 fully saturated rings. The average molecular weight is 265 g/mol. The molecule has 0 amide bonds. The monoisotopic (exact) mass is 265 g/mol. The lowest BCUT2D eigenvalue weighted by Gasteiger charge is -2.31. The Morgan fingerprint density at radius 1 is 1.32 bits per heavy atom. The lowest BCUT2D eigenvalue weighted by atomic mass is 10.0. The third kappa shape index (κ3) is 3.01. The standard InChI is InChI=1S/C15H23NO3/c1-15(2)8-12(17)10-16(15)9-11-5-6-13(18-3)7-14(11)19-4/h5-7,12,17H,8-10H2,1-4H3. The van der Waals surface area contributed by atoms with Crippen LogP contribution in [0.2, 0.25) is 0 Å². The summed E-state index contributed by atoms with van der Waals surface area (Å²) < 4.78 is 10.6. The van der Waals surface area contributed by atoms with Crippen molar-refractivity contribution in [2.75, 3.05) is 20.8 Å². The van der Waals surface area contributed by atoms with Gasteiger partial charge in [0.2, 0.25) is 0 Å². The van der Waals surface area contributed by atoms with Gasteiger partial charge in [0.25, 0.3) is 0 Å². The van der Waals surface area contributed by atoms with Crippen molar-refractivity contribution in [2.45, 2.75) is 38.5 Å². The van der Waals surface area contributed by atoms with Gasteiger partial charge in [0.1, 0.15) is 11.5 Å². The summed E-state index contributed by atoms with van der Waals surface area (Å²) in [6.07, 6.45) is 0.574. The second-order valence-electron chi connectivity index (χ2n) is 5.73. The Kier molecular flexibility index (Phi) is 4.02. The van der Waals surface area contributed by atoms with Crippen LogP contribution in [-0.4, -0.2) is 42.4 Å². The minimum absolute atomic E-state index is 0.0182. The first-order chi connectivity index (χ1) is 8.96. The Balaban J connectivity index is 2.19. The van der Waals surface area contributed by atoms with Crippen LogP contribution in [0.1, 0.15) is 25.8 Å². The molecule has 4 nitrogen and oxygen atoms in total. The van der Waals surface area contributed by atoms with Gasteiger partial charge in [-0.25, -0.2) is 0 Å². The fourth-order valence-electron chi connectivity index (χ4n) is 2.74. The predicted molar refractivity (Wildman–Crippen MR) is 74.7 cm³/mol. The van der Waals surface area contributed by atoms with E-state index in [0.717, 1.165) is 30.0 Å². The van der Waals surface area contributed by atoms with E-state index in [0.29, 0.717) is 6.54 Å². The highest BCUT2D eigenvalue weighted by molar-refractivity contribution is 5.40. The van der Waals surface area contributed by atoms with Crippen LogP contribution in [-0.2, 0) is 6.54 Å². The Labute approximate surface area is 114 Å². The van der Waals surface area contributed by atoms with E-state index in [-0.39, 0.29) is 11.6 Å². The summed E-state index contributed by atoms with van der Waals surface area (Å²) in [7, 11) is 3.32. The van der Waals surface area contributed by atoms with Crippen molar-refractivity contribution < 1.29 is 14.6 Å². The zero-order valence-corrected chi connectivity index (χ0v) is 12.1. The number of methoxy groups -OCH3 is 2. The lowest BCUT2D eigenvalue weighted by Crippen LogP contribution is -2.37. The molecular weight excluding hydrogens is 242 g/mol. The van der Waals surface area contributed by atoms with Gasteiger partial charge in [-0.2, -0.15) is 0 Å². The molecule has 1 aromatic carbocycles. The van der Waals surface area contributed by atoms with Crippen LogP contribution in [0.4, 0.5) is 0 Å². The second kappa shape index (κ2) is 5.39. The van der Waals surface area contributed by atoms with E-state index in [1.807, 2.05) is 18.2 Å². The van der Waals surface area contributed by atoms with Crippen LogP contribution in [0.5, 0.6) is 11.5 Å². The highest BCUT2D eigenvalue weighted by Gasteiger charge is 2.37. The Morgan fingerprint density at radius 2 is 2.05 bits per heavy atom. The zero-order chi connectivity index (χ0) is 14.0. The molecule has 1 aliphatic heterocycles. The van der Waals surface area contributed by atoms with Gasteiger partial charge in [0, 0.05) is 30.3 Å². The molecule has 1 aromatic rings. The number of hydrogen-bond acceptors (Lipinski definition) is 4. The predicted octanol–water partition coefficient (Wildman–Crippen LogP) is 2.05. The lowest BCUT2D eigenvalue weighted by molar-refractivity contribution is 0.155. The number of ether oxygens (including phenoxy) is 2. The summed E-state index contributed by atoms with van der Waals surface area (Å²) in [5.41, 5.74) is 1.13. The van der Waals surface area contributed by atoms with Crippen LogP contribution in [0.3, 0.4) is 0 Å². The molecule has 4 heteroatoms. The van der Waals surface area contributed by atoms with E-state index in [1.54, 1.807) is 14.2 Å². The summed E-state index contributed by atoms with van der Waals surface area (Å²) in [5, 5.41) is 9.83. The minimum atomic E-state index is -0.237. The first kappa shape index (κ1) is 14.2. The van der Waals surface area contributed by atoms with Crippen LogP contribution in [0, 0.1) is 0 Å². The Hall–Kier alpha value is -1.26. The Bertz CT molecular complexity index is 445. The van der Waals surface area contributed by atoms with Crippen molar-refractivity contribution in [3.63, 3.8) is 0 Å². The van der Waals surface area contributed by atoms with Gasteiger partial charge in [0.15, 0.2) is 0 Å². The van der Waals surface area contributed by atoms with Gasteiger partial charge in [0.05, 0.1) is 20.3 Å². The molecule has 0 saturated carbocycles. The number of hydrogen-bond donors (Lipinski definition) is 1. The maximum absolute atomic E-state index is 9.83. The molecular formula is C15H23NO3. The fourth-order valence-corrected chi connectivity index (χ4v) is 2.74. The number of rotatable bonds is 4. The summed E-state index contributed by atoms with van der Waals surface area (Å²) in [4.78, 5) is 2.29. The number of nitrogens with zero attached hydrogens (tertiary/aromatic N) is 1. The molecule has 1 atom stereocenters. The maximum atomic E-state index is 9.83. The van der Waals surface area contributed by atoms with Crippen molar-refractivity contribution in [1.29, 1.82) is 0 Å². The van der Waals surface area contributed by atoms with Crippen molar-refractivity contribution in [2.24, 2.45) is 0 Å². The molecule has 0 aliphatic carbocycles. The molecule has 0 aromatic heterocycles. The van der Waals surface area contributed by atoms with Crippen LogP contribution >= 0.6 is 0 Å². The topological polar surface area (TPSA) is 41.9 Å². The molecule has 106 valence electrons. The summed E-state index contributed by atoms with van der Waals surface area (Å²) in [6, 6.07) is 5.87. The molecule has 2 rings (SSSR count). The van der Waals surface area contributed by atoms with Crippen LogP contribution in [0.25, 0.3) is 0 Å². The van der Waals surface area contributed by atoms with Gasteiger partial charge >= 0.3 is 0 Å². The van der Waals surface area contributed by atoms with E-state index in [2.05, 4.69) is 18.7 Å². The van der Waals surface area contributed by atoms with E-state index in [4.69, 9.17) is 9.47 Å². The van der Waals surface area contributed by atoms with Crippen molar-refractivity contribution in [3.05, 3.63) is 23.8 Å². The van der Waals surface area contributed by atoms with E-state index < -0.39 is 0 Å². The molecule has 0 bridgehead atoms. The zero-order valence-electron chi connectivity index (χ0n) is 12.1. The third-order valence-electron chi connectivity index (χ3n) is 3.88. The van der Waals surface area contributed by atoms with Crippen LogP contribution in [0.15, 0.2) is 18.2 Å². The Morgan fingerprint density at radius 3 is 2.58 bits per heavy atom. The number of benzene rings is 1. The summed E-state index contributed by atoms with van der Waals surface area (Å²) in [5.74, 6) is 1.62. The smallest absolute Gasteiger partial charge is 0.127 e. The first-order valence-electron chi connectivity index (χ1n) is 6.60. The third-order valence-corrected chi connectivity index (χ3v) is 3.88. The molecule has 19 heavy (non-hydrogen) atoms. The molecule has 1 N–H and O–H groups in total. The molecule has 1 heterocycles. The van der Waals surface area contributed by atoms with E-state index in [9.17, 15) is 5.11 Å². The molecule has 0 radical (unpaired) electrons. The summed E-state index contributed by atoms with van der Waals surface area (Å²) >= 11 is 0. The van der Waals surface area contributed by atoms with Crippen molar-refractivity contribution in [3.8, 4) is 11.5 Å². The number of β-amino-alcohol motifs (C(OH)–C–C–N with tert-alkyl or cyclic N) is 1. The van der Waals surface area contributed by atoms with E-state index in [1.165, 1.54) is 0 Å². The summed E-state index contributed by atoms with van der Waals surface area (Å²) in [6.45, 7) is 5.82.